The number of fused-ring (bicyclic) bond motifs is 1. The number of nitrogens with one attached hydrogen (secondary N) is 1. The van der Waals surface area contributed by atoms with E-state index in [1.165, 1.54) is 19.3 Å². The largest absolute Gasteiger partial charge is 0.468 e. The topological polar surface area (TPSA) is 52.5 Å². The molecule has 0 unspecified atom stereocenters. The van der Waals surface area contributed by atoms with Gasteiger partial charge in [0.1, 0.15) is 11.5 Å². The molecule has 5 nitrogen and oxygen atoms in total. The van der Waals surface area contributed by atoms with E-state index in [4.69, 9.17) is 4.42 Å². The number of nitrogens with zero attached hydrogens (tertiary/aromatic N) is 2. The summed E-state index contributed by atoms with van der Waals surface area (Å²) in [6.07, 6.45) is 7.25. The lowest BCUT2D eigenvalue weighted by Gasteiger charge is -2.38. The van der Waals surface area contributed by atoms with Crippen LogP contribution in [0.25, 0.3) is 0 Å². The predicted molar refractivity (Wildman–Crippen MR) is 91.5 cm³/mol. The average molecular weight is 327 g/mol. The van der Waals surface area contributed by atoms with Crippen molar-refractivity contribution in [2.75, 3.05) is 20.1 Å². The maximum atomic E-state index is 12.7. The average Bonchev–Trinajstić information content (AvgIpc) is 3.33. The van der Waals surface area contributed by atoms with E-state index >= 15 is 0 Å². The minimum Gasteiger partial charge on any atom is -0.468 e. The van der Waals surface area contributed by atoms with Crippen LogP contribution in [0.5, 0.6) is 0 Å². The Hall–Kier alpha value is -2.01. The van der Waals surface area contributed by atoms with Gasteiger partial charge in [0.15, 0.2) is 0 Å². The Labute approximate surface area is 142 Å². The van der Waals surface area contributed by atoms with Crippen molar-refractivity contribution < 1.29 is 9.21 Å². The minimum absolute atomic E-state index is 0.141. The highest BCUT2D eigenvalue weighted by molar-refractivity contribution is 5.92. The number of H-pyrrole nitrogens is 1. The number of hydrogen-bond donors (Lipinski definition) is 1. The number of aromatic nitrogens is 1. The Morgan fingerprint density at radius 2 is 2.25 bits per heavy atom. The number of carbonyl (C=O) groups excluding carboxylic acids is 1. The number of amides is 1. The Balaban J connectivity index is 1.45. The van der Waals surface area contributed by atoms with E-state index in [-0.39, 0.29) is 5.91 Å². The van der Waals surface area contributed by atoms with Crippen LogP contribution in [0.4, 0.5) is 0 Å². The maximum Gasteiger partial charge on any atom is 0.270 e. The molecule has 0 bridgehead atoms. The molecule has 3 atom stereocenters. The molecule has 128 valence electrons. The van der Waals surface area contributed by atoms with Crippen molar-refractivity contribution in [1.82, 2.24) is 14.8 Å². The third kappa shape index (κ3) is 2.88. The van der Waals surface area contributed by atoms with Gasteiger partial charge in [-0.1, -0.05) is 6.42 Å². The molecule has 1 aliphatic carbocycles. The fraction of sp³-hybridized carbons (Fsp3) is 0.526. The fourth-order valence-corrected chi connectivity index (χ4v) is 4.55. The van der Waals surface area contributed by atoms with Crippen LogP contribution in [0.1, 0.15) is 35.5 Å². The zero-order valence-corrected chi connectivity index (χ0v) is 14.1. The summed E-state index contributed by atoms with van der Waals surface area (Å²) in [4.78, 5) is 20.2. The number of likely N-dealkylation sites (tertiary alicyclic amines) is 1. The highest BCUT2D eigenvalue weighted by atomic mass is 16.3. The summed E-state index contributed by atoms with van der Waals surface area (Å²) in [6.45, 7) is 2.61. The van der Waals surface area contributed by atoms with Gasteiger partial charge in [-0.05, 0) is 56.0 Å². The summed E-state index contributed by atoms with van der Waals surface area (Å²) >= 11 is 0. The molecule has 2 aliphatic rings. The molecule has 4 rings (SSSR count). The lowest BCUT2D eigenvalue weighted by Crippen LogP contribution is -2.43. The Morgan fingerprint density at radius 3 is 3.00 bits per heavy atom. The lowest BCUT2D eigenvalue weighted by atomic mass is 9.77. The molecular weight excluding hydrogens is 302 g/mol. The zero-order chi connectivity index (χ0) is 16.5. The molecule has 2 fully saturated rings. The summed E-state index contributed by atoms with van der Waals surface area (Å²) < 4.78 is 5.50. The van der Waals surface area contributed by atoms with Gasteiger partial charge in [-0.15, -0.1) is 0 Å². The van der Waals surface area contributed by atoms with Crippen LogP contribution >= 0.6 is 0 Å². The van der Waals surface area contributed by atoms with Gasteiger partial charge in [-0.3, -0.25) is 9.69 Å². The van der Waals surface area contributed by atoms with Gasteiger partial charge in [0, 0.05) is 25.3 Å². The van der Waals surface area contributed by atoms with Crippen molar-refractivity contribution in [2.24, 2.45) is 11.8 Å². The van der Waals surface area contributed by atoms with E-state index in [0.717, 1.165) is 25.4 Å². The first kappa shape index (κ1) is 15.5. The Bertz CT molecular complexity index is 665. The molecule has 1 aliphatic heterocycles. The van der Waals surface area contributed by atoms with Gasteiger partial charge >= 0.3 is 0 Å². The van der Waals surface area contributed by atoms with Gasteiger partial charge < -0.3 is 14.3 Å². The van der Waals surface area contributed by atoms with Crippen LogP contribution in [-0.2, 0) is 6.54 Å². The second-order valence-corrected chi connectivity index (χ2v) is 7.21. The Morgan fingerprint density at radius 1 is 1.33 bits per heavy atom. The molecule has 3 heterocycles. The second-order valence-electron chi connectivity index (χ2n) is 7.21. The first-order valence-corrected chi connectivity index (χ1v) is 8.87. The molecule has 24 heavy (non-hydrogen) atoms. The van der Waals surface area contributed by atoms with Crippen molar-refractivity contribution in [3.63, 3.8) is 0 Å². The molecule has 0 spiro atoms. The normalized spacial score (nSPS) is 26.8. The first-order chi connectivity index (χ1) is 11.7. The van der Waals surface area contributed by atoms with Crippen LogP contribution in [0, 0.1) is 11.8 Å². The van der Waals surface area contributed by atoms with Crippen molar-refractivity contribution in [2.45, 2.75) is 31.8 Å². The van der Waals surface area contributed by atoms with Crippen molar-refractivity contribution in [1.29, 1.82) is 0 Å². The van der Waals surface area contributed by atoms with Crippen molar-refractivity contribution >= 4 is 5.91 Å². The quantitative estimate of drug-likeness (QED) is 0.939. The van der Waals surface area contributed by atoms with Crippen LogP contribution in [0.3, 0.4) is 0 Å². The fourth-order valence-electron chi connectivity index (χ4n) is 4.55. The van der Waals surface area contributed by atoms with Gasteiger partial charge in [0.2, 0.25) is 0 Å². The molecule has 0 aromatic carbocycles. The van der Waals surface area contributed by atoms with Gasteiger partial charge in [0.25, 0.3) is 5.91 Å². The first-order valence-electron chi connectivity index (χ1n) is 8.87. The molecule has 0 radical (unpaired) electrons. The Kier molecular flexibility index (Phi) is 4.19. The van der Waals surface area contributed by atoms with E-state index in [1.54, 1.807) is 6.26 Å². The lowest BCUT2D eigenvalue weighted by molar-refractivity contribution is 0.0762. The van der Waals surface area contributed by atoms with Gasteiger partial charge in [0.05, 0.1) is 12.8 Å². The monoisotopic (exact) mass is 327 g/mol. The highest BCUT2D eigenvalue weighted by Gasteiger charge is 2.43. The van der Waals surface area contributed by atoms with E-state index in [1.807, 2.05) is 35.4 Å². The van der Waals surface area contributed by atoms with Crippen molar-refractivity contribution in [3.8, 4) is 0 Å². The van der Waals surface area contributed by atoms with Gasteiger partial charge in [-0.2, -0.15) is 0 Å². The molecule has 1 N–H and O–H groups in total. The van der Waals surface area contributed by atoms with Crippen molar-refractivity contribution in [3.05, 3.63) is 48.2 Å². The molecule has 2 aromatic heterocycles. The third-order valence-electron chi connectivity index (χ3n) is 5.73. The van der Waals surface area contributed by atoms with Crippen LogP contribution < -0.4 is 0 Å². The molecule has 1 saturated carbocycles. The van der Waals surface area contributed by atoms with Crippen LogP contribution in [0.2, 0.25) is 0 Å². The smallest absolute Gasteiger partial charge is 0.270 e. The number of aromatic amines is 1. The van der Waals surface area contributed by atoms with Gasteiger partial charge in [-0.25, -0.2) is 0 Å². The van der Waals surface area contributed by atoms with E-state index < -0.39 is 0 Å². The predicted octanol–water partition coefficient (Wildman–Crippen LogP) is 2.98. The summed E-state index contributed by atoms with van der Waals surface area (Å²) in [6, 6.07) is 8.25. The summed E-state index contributed by atoms with van der Waals surface area (Å²) in [7, 11) is 2.19. The summed E-state index contributed by atoms with van der Waals surface area (Å²) in [5, 5.41) is 0. The second kappa shape index (κ2) is 6.48. The molecule has 2 aromatic rings. The standard InChI is InChI=1S/C19H25N3O2/c1-21(12-15-6-4-10-24-15)18-8-2-5-14-11-22(13-16(14)18)19(23)17-7-3-9-20-17/h3-4,6-7,9-10,14,16,18,20H,2,5,8,11-13H2,1H3/t14-,16-,18-/m1/s1. The minimum atomic E-state index is 0.141. The highest BCUT2D eigenvalue weighted by Crippen LogP contribution is 2.39. The molecule has 1 amide bonds. The van der Waals surface area contributed by atoms with Crippen LogP contribution in [-0.4, -0.2) is 46.9 Å². The maximum absolute atomic E-state index is 12.7. The summed E-state index contributed by atoms with van der Waals surface area (Å²) in [5.74, 6) is 2.35. The number of hydrogen-bond acceptors (Lipinski definition) is 3. The van der Waals surface area contributed by atoms with E-state index in [0.29, 0.717) is 23.6 Å². The summed E-state index contributed by atoms with van der Waals surface area (Å²) in [5.41, 5.74) is 0.703. The number of carbonyl (C=O) groups is 1. The van der Waals surface area contributed by atoms with E-state index in [2.05, 4.69) is 16.9 Å². The molecule has 1 saturated heterocycles. The van der Waals surface area contributed by atoms with Crippen LogP contribution in [0.15, 0.2) is 41.1 Å². The van der Waals surface area contributed by atoms with E-state index in [9.17, 15) is 4.79 Å². The number of rotatable bonds is 4. The zero-order valence-electron chi connectivity index (χ0n) is 14.1. The SMILES string of the molecule is CN(Cc1ccco1)[C@@H]1CCC[C@@H]2CN(C(=O)c3ccc[nH]3)C[C@H]21. The number of furan rings is 1. The third-order valence-corrected chi connectivity index (χ3v) is 5.73. The molecular formula is C19H25N3O2. The molecule has 5 heteroatoms.